The van der Waals surface area contributed by atoms with Crippen LogP contribution in [-0.2, 0) is 4.79 Å². The zero-order chi connectivity index (χ0) is 16.4. The molecular weight excluding hydrogens is 290 g/mol. The Kier molecular flexibility index (Phi) is 4.68. The first kappa shape index (κ1) is 16.0. The highest BCUT2D eigenvalue weighted by Crippen LogP contribution is 2.30. The van der Waals surface area contributed by atoms with Crippen molar-refractivity contribution in [3.63, 3.8) is 0 Å². The fourth-order valence-corrected chi connectivity index (χ4v) is 3.83. The molecule has 0 radical (unpaired) electrons. The van der Waals surface area contributed by atoms with Crippen molar-refractivity contribution in [3.05, 3.63) is 12.4 Å². The van der Waals surface area contributed by atoms with Crippen molar-refractivity contribution in [1.82, 2.24) is 14.9 Å². The highest BCUT2D eigenvalue weighted by atomic mass is 16.2. The first-order valence-corrected chi connectivity index (χ1v) is 8.58. The molecule has 1 N–H and O–H groups in total. The van der Waals surface area contributed by atoms with Crippen LogP contribution >= 0.6 is 0 Å². The third-order valence-corrected chi connectivity index (χ3v) is 4.96. The van der Waals surface area contributed by atoms with Gasteiger partial charge in [0, 0.05) is 32.2 Å². The van der Waals surface area contributed by atoms with Crippen molar-refractivity contribution in [3.8, 4) is 0 Å². The highest BCUT2D eigenvalue weighted by molar-refractivity contribution is 5.82. The Labute approximate surface area is 138 Å². The van der Waals surface area contributed by atoms with E-state index < -0.39 is 0 Å². The van der Waals surface area contributed by atoms with Crippen LogP contribution in [0.25, 0.3) is 0 Å². The van der Waals surface area contributed by atoms with Gasteiger partial charge < -0.3 is 15.1 Å². The van der Waals surface area contributed by atoms with E-state index in [0.717, 1.165) is 36.6 Å². The molecule has 0 spiro atoms. The van der Waals surface area contributed by atoms with Crippen molar-refractivity contribution >= 4 is 17.5 Å². The van der Waals surface area contributed by atoms with Crippen molar-refractivity contribution in [2.24, 2.45) is 11.8 Å². The van der Waals surface area contributed by atoms with E-state index in [0.29, 0.717) is 12.6 Å². The maximum absolute atomic E-state index is 11.9. The molecule has 1 aromatic heterocycles. The number of nitrogens with zero attached hydrogens (tertiary/aromatic N) is 4. The van der Waals surface area contributed by atoms with Gasteiger partial charge in [-0.3, -0.25) is 4.79 Å². The van der Waals surface area contributed by atoms with Crippen LogP contribution in [-0.4, -0.2) is 53.5 Å². The van der Waals surface area contributed by atoms with Crippen LogP contribution in [0.3, 0.4) is 0 Å². The summed E-state index contributed by atoms with van der Waals surface area (Å²) in [6.07, 6.45) is 5.29. The Balaban J connectivity index is 1.66. The SMILES string of the molecule is CC1CC(C)CC(Nc2cc(N3CCN(C)C(=O)C3)ncn2)C1. The molecule has 0 bridgehead atoms. The molecule has 1 aliphatic carbocycles. The fourth-order valence-electron chi connectivity index (χ4n) is 3.83. The molecule has 2 fully saturated rings. The second kappa shape index (κ2) is 6.72. The van der Waals surface area contributed by atoms with E-state index in [1.54, 1.807) is 11.2 Å². The maximum atomic E-state index is 11.9. The number of anilines is 2. The van der Waals surface area contributed by atoms with Gasteiger partial charge in [-0.25, -0.2) is 9.97 Å². The smallest absolute Gasteiger partial charge is 0.241 e. The molecule has 2 unspecified atom stereocenters. The molecule has 2 atom stereocenters. The first-order chi connectivity index (χ1) is 11.0. The second-order valence-electron chi connectivity index (χ2n) is 7.26. The molecule has 1 saturated carbocycles. The Morgan fingerprint density at radius 3 is 2.57 bits per heavy atom. The summed E-state index contributed by atoms with van der Waals surface area (Å²) in [4.78, 5) is 24.4. The lowest BCUT2D eigenvalue weighted by Crippen LogP contribution is -2.48. The topological polar surface area (TPSA) is 61.4 Å². The number of aromatic nitrogens is 2. The summed E-state index contributed by atoms with van der Waals surface area (Å²) in [5.74, 6) is 3.36. The van der Waals surface area contributed by atoms with Gasteiger partial charge in [-0.15, -0.1) is 0 Å². The van der Waals surface area contributed by atoms with E-state index in [2.05, 4.69) is 29.1 Å². The highest BCUT2D eigenvalue weighted by Gasteiger charge is 2.25. The minimum atomic E-state index is 0.138. The second-order valence-corrected chi connectivity index (χ2v) is 7.26. The molecule has 6 heteroatoms. The number of nitrogens with one attached hydrogen (secondary N) is 1. The van der Waals surface area contributed by atoms with Crippen molar-refractivity contribution in [2.75, 3.05) is 36.9 Å². The summed E-state index contributed by atoms with van der Waals surface area (Å²) in [6.45, 7) is 6.60. The van der Waals surface area contributed by atoms with Crippen molar-refractivity contribution < 1.29 is 4.79 Å². The van der Waals surface area contributed by atoms with Gasteiger partial charge in [0.15, 0.2) is 0 Å². The molecule has 6 nitrogen and oxygen atoms in total. The number of hydrogen-bond acceptors (Lipinski definition) is 5. The fraction of sp³-hybridized carbons (Fsp3) is 0.706. The Morgan fingerprint density at radius 2 is 1.87 bits per heavy atom. The lowest BCUT2D eigenvalue weighted by atomic mass is 9.80. The van der Waals surface area contributed by atoms with Gasteiger partial charge in [-0.1, -0.05) is 13.8 Å². The molecule has 1 amide bonds. The zero-order valence-electron chi connectivity index (χ0n) is 14.3. The van der Waals surface area contributed by atoms with Gasteiger partial charge in [0.25, 0.3) is 0 Å². The van der Waals surface area contributed by atoms with E-state index in [4.69, 9.17) is 0 Å². The average molecular weight is 317 g/mol. The van der Waals surface area contributed by atoms with Gasteiger partial charge in [0.05, 0.1) is 6.54 Å². The number of likely N-dealkylation sites (N-methyl/N-ethyl adjacent to an activating group) is 1. The largest absolute Gasteiger partial charge is 0.367 e. The quantitative estimate of drug-likeness (QED) is 0.924. The number of piperazine rings is 1. The predicted molar refractivity (Wildman–Crippen MR) is 91.5 cm³/mol. The van der Waals surface area contributed by atoms with Gasteiger partial charge in [-0.05, 0) is 31.1 Å². The summed E-state index contributed by atoms with van der Waals surface area (Å²) in [6, 6.07) is 2.45. The minimum Gasteiger partial charge on any atom is -0.367 e. The van der Waals surface area contributed by atoms with Crippen molar-refractivity contribution in [2.45, 2.75) is 39.2 Å². The average Bonchev–Trinajstić information content (AvgIpc) is 2.49. The lowest BCUT2D eigenvalue weighted by Gasteiger charge is -2.34. The number of carbonyl (C=O) groups excluding carboxylic acids is 1. The number of carbonyl (C=O) groups is 1. The molecule has 2 aliphatic rings. The van der Waals surface area contributed by atoms with Crippen LogP contribution in [0.15, 0.2) is 12.4 Å². The molecule has 23 heavy (non-hydrogen) atoms. The van der Waals surface area contributed by atoms with E-state index in [9.17, 15) is 4.79 Å². The Bertz CT molecular complexity index is 554. The molecule has 0 aromatic carbocycles. The van der Waals surface area contributed by atoms with E-state index >= 15 is 0 Å². The van der Waals surface area contributed by atoms with E-state index in [1.807, 2.05) is 18.0 Å². The molecule has 2 heterocycles. The third kappa shape index (κ3) is 3.92. The first-order valence-electron chi connectivity index (χ1n) is 8.58. The molecule has 3 rings (SSSR count). The molecule has 1 aromatic rings. The van der Waals surface area contributed by atoms with Crippen LogP contribution in [0, 0.1) is 11.8 Å². The summed E-state index contributed by atoms with van der Waals surface area (Å²) >= 11 is 0. The third-order valence-electron chi connectivity index (χ3n) is 4.96. The summed E-state index contributed by atoms with van der Waals surface area (Å²) in [7, 11) is 1.85. The maximum Gasteiger partial charge on any atom is 0.241 e. The molecule has 126 valence electrons. The Hall–Kier alpha value is -1.85. The van der Waals surface area contributed by atoms with Crippen LogP contribution in [0.5, 0.6) is 0 Å². The summed E-state index contributed by atoms with van der Waals surface area (Å²) in [5.41, 5.74) is 0. The normalized spacial score (nSPS) is 28.8. The summed E-state index contributed by atoms with van der Waals surface area (Å²) < 4.78 is 0. The van der Waals surface area contributed by atoms with Gasteiger partial charge >= 0.3 is 0 Å². The number of amides is 1. The van der Waals surface area contributed by atoms with Gasteiger partial charge in [0.1, 0.15) is 18.0 Å². The van der Waals surface area contributed by atoms with Crippen LogP contribution in [0.4, 0.5) is 11.6 Å². The number of hydrogen-bond donors (Lipinski definition) is 1. The minimum absolute atomic E-state index is 0.138. The predicted octanol–water partition coefficient (Wildman–Crippen LogP) is 1.99. The van der Waals surface area contributed by atoms with Crippen molar-refractivity contribution in [1.29, 1.82) is 0 Å². The zero-order valence-corrected chi connectivity index (χ0v) is 14.3. The Morgan fingerprint density at radius 1 is 1.13 bits per heavy atom. The summed E-state index contributed by atoms with van der Waals surface area (Å²) in [5, 5.41) is 3.57. The van der Waals surface area contributed by atoms with Gasteiger partial charge in [0.2, 0.25) is 5.91 Å². The van der Waals surface area contributed by atoms with Crippen LogP contribution in [0.1, 0.15) is 33.1 Å². The number of rotatable bonds is 3. The van der Waals surface area contributed by atoms with Crippen LogP contribution < -0.4 is 10.2 Å². The lowest BCUT2D eigenvalue weighted by molar-refractivity contribution is -0.129. The van der Waals surface area contributed by atoms with E-state index in [-0.39, 0.29) is 5.91 Å². The van der Waals surface area contributed by atoms with Crippen LogP contribution in [0.2, 0.25) is 0 Å². The standard InChI is InChI=1S/C17H27N5O/c1-12-6-13(2)8-14(7-12)20-15-9-16(19-11-18-15)22-5-4-21(3)17(23)10-22/h9,11-14H,4-8,10H2,1-3H3,(H,18,19,20). The van der Waals surface area contributed by atoms with Gasteiger partial charge in [-0.2, -0.15) is 0 Å². The molecular formula is C17H27N5O. The monoisotopic (exact) mass is 317 g/mol. The van der Waals surface area contributed by atoms with E-state index in [1.165, 1.54) is 19.3 Å². The molecule has 1 aliphatic heterocycles. The molecule has 1 saturated heterocycles.